The highest BCUT2D eigenvalue weighted by Gasteiger charge is 2.47. The van der Waals surface area contributed by atoms with E-state index in [1.54, 1.807) is 0 Å². The maximum Gasteiger partial charge on any atom is 0.420 e. The van der Waals surface area contributed by atoms with Crippen molar-refractivity contribution in [2.45, 2.75) is 24.4 Å². The Balaban J connectivity index is 2.58. The van der Waals surface area contributed by atoms with Crippen molar-refractivity contribution >= 4 is 15.9 Å². The van der Waals surface area contributed by atoms with Gasteiger partial charge in [0.2, 0.25) is 0 Å². The van der Waals surface area contributed by atoms with E-state index in [9.17, 15) is 18.3 Å². The fourth-order valence-electron chi connectivity index (χ4n) is 1.95. The van der Waals surface area contributed by atoms with Gasteiger partial charge in [-0.15, -0.1) is 0 Å². The lowest BCUT2D eigenvalue weighted by atomic mass is 9.93. The average Bonchev–Trinajstić information content (AvgIpc) is 3.00. The minimum Gasteiger partial charge on any atom is -0.507 e. The Bertz CT molecular complexity index is 455. The zero-order chi connectivity index (χ0) is 12.8. The third kappa shape index (κ3) is 2.15. The summed E-state index contributed by atoms with van der Waals surface area (Å²) in [6, 6.07) is 2.40. The van der Waals surface area contributed by atoms with Gasteiger partial charge in [0, 0.05) is 22.0 Å². The molecule has 0 radical (unpaired) electrons. The van der Waals surface area contributed by atoms with E-state index in [1.807, 2.05) is 0 Å². The third-order valence-electron chi connectivity index (χ3n) is 3.20. The summed E-state index contributed by atoms with van der Waals surface area (Å²) in [7, 11) is 0. The molecule has 0 bridgehead atoms. The van der Waals surface area contributed by atoms with Crippen LogP contribution in [-0.2, 0) is 11.6 Å². The average molecular weight is 310 g/mol. The van der Waals surface area contributed by atoms with Crippen LogP contribution in [0.15, 0.2) is 16.6 Å². The van der Waals surface area contributed by atoms with Gasteiger partial charge in [-0.1, -0.05) is 15.9 Å². The number of hydrogen-bond acceptors (Lipinski definition) is 2. The Morgan fingerprint density at radius 1 is 1.35 bits per heavy atom. The topological polar surface area (TPSA) is 46.2 Å². The Morgan fingerprint density at radius 2 is 1.94 bits per heavy atom. The zero-order valence-electron chi connectivity index (χ0n) is 8.81. The Hall–Kier alpha value is -0.750. The van der Waals surface area contributed by atoms with E-state index < -0.39 is 22.9 Å². The molecular formula is C11H11BrF3NO. The van der Waals surface area contributed by atoms with Gasteiger partial charge in [-0.2, -0.15) is 13.2 Å². The van der Waals surface area contributed by atoms with Crippen LogP contribution in [0.1, 0.15) is 24.0 Å². The van der Waals surface area contributed by atoms with Gasteiger partial charge in [0.15, 0.2) is 0 Å². The first-order valence-corrected chi connectivity index (χ1v) is 5.90. The Kier molecular flexibility index (Phi) is 2.90. The first-order chi connectivity index (χ1) is 7.80. The summed E-state index contributed by atoms with van der Waals surface area (Å²) in [6.07, 6.45) is -3.14. The van der Waals surface area contributed by atoms with Gasteiger partial charge in [0.25, 0.3) is 0 Å². The Morgan fingerprint density at radius 3 is 2.35 bits per heavy atom. The van der Waals surface area contributed by atoms with Crippen LogP contribution in [0, 0.1) is 0 Å². The number of rotatable bonds is 2. The van der Waals surface area contributed by atoms with Gasteiger partial charge in [-0.25, -0.2) is 0 Å². The molecule has 1 saturated carbocycles. The van der Waals surface area contributed by atoms with Crippen LogP contribution in [-0.4, -0.2) is 11.7 Å². The van der Waals surface area contributed by atoms with Crippen LogP contribution in [0.25, 0.3) is 0 Å². The van der Waals surface area contributed by atoms with E-state index in [0.717, 1.165) is 6.07 Å². The number of alkyl halides is 3. The van der Waals surface area contributed by atoms with Crippen LogP contribution in [0.4, 0.5) is 13.2 Å². The van der Waals surface area contributed by atoms with Crippen molar-refractivity contribution in [1.29, 1.82) is 0 Å². The standard InChI is InChI=1S/C11H11BrF3NO/c12-6-3-7(10(5-16)1-2-10)9(17)8(4-6)11(13,14)15/h3-4,17H,1-2,5,16H2. The number of halogens is 4. The molecule has 1 aromatic carbocycles. The molecule has 0 aliphatic heterocycles. The summed E-state index contributed by atoms with van der Waals surface area (Å²) >= 11 is 3.04. The molecule has 0 spiro atoms. The number of hydrogen-bond donors (Lipinski definition) is 2. The molecule has 0 amide bonds. The molecule has 0 atom stereocenters. The first kappa shape index (κ1) is 12.7. The summed E-state index contributed by atoms with van der Waals surface area (Å²) in [5.41, 5.74) is 4.37. The highest BCUT2D eigenvalue weighted by molar-refractivity contribution is 9.10. The van der Waals surface area contributed by atoms with Gasteiger partial charge in [-0.3, -0.25) is 0 Å². The largest absolute Gasteiger partial charge is 0.507 e. The molecule has 1 aliphatic rings. The molecule has 0 unspecified atom stereocenters. The second-order valence-corrected chi connectivity index (χ2v) is 5.25. The molecule has 3 N–H and O–H groups in total. The van der Waals surface area contributed by atoms with Crippen molar-refractivity contribution in [2.24, 2.45) is 5.73 Å². The van der Waals surface area contributed by atoms with Gasteiger partial charge in [0.05, 0.1) is 5.56 Å². The molecule has 2 rings (SSSR count). The normalized spacial score (nSPS) is 18.2. The van der Waals surface area contributed by atoms with Gasteiger partial charge >= 0.3 is 6.18 Å². The molecule has 0 heterocycles. The van der Waals surface area contributed by atoms with Crippen molar-refractivity contribution < 1.29 is 18.3 Å². The Labute approximate surface area is 105 Å². The number of phenolic OH excluding ortho intramolecular Hbond substituents is 1. The predicted molar refractivity (Wildman–Crippen MR) is 60.8 cm³/mol. The fourth-order valence-corrected chi connectivity index (χ4v) is 2.41. The molecule has 1 aliphatic carbocycles. The summed E-state index contributed by atoms with van der Waals surface area (Å²) in [5, 5.41) is 9.76. The van der Waals surface area contributed by atoms with Gasteiger partial charge in [0.1, 0.15) is 5.75 Å². The summed E-state index contributed by atoms with van der Waals surface area (Å²) < 4.78 is 38.4. The van der Waals surface area contributed by atoms with Crippen LogP contribution < -0.4 is 5.73 Å². The lowest BCUT2D eigenvalue weighted by Gasteiger charge is -2.19. The van der Waals surface area contributed by atoms with Crippen LogP contribution in [0.2, 0.25) is 0 Å². The molecule has 0 aromatic heterocycles. The van der Waals surface area contributed by atoms with Crippen LogP contribution in [0.3, 0.4) is 0 Å². The van der Waals surface area contributed by atoms with E-state index in [0.29, 0.717) is 22.9 Å². The molecule has 94 valence electrons. The highest BCUT2D eigenvalue weighted by atomic mass is 79.9. The van der Waals surface area contributed by atoms with E-state index >= 15 is 0 Å². The lowest BCUT2D eigenvalue weighted by Crippen LogP contribution is -2.21. The van der Waals surface area contributed by atoms with Crippen LogP contribution in [0.5, 0.6) is 5.75 Å². The van der Waals surface area contributed by atoms with Gasteiger partial charge < -0.3 is 10.8 Å². The number of nitrogens with two attached hydrogens (primary N) is 1. The fraction of sp³-hybridized carbons (Fsp3) is 0.455. The van der Waals surface area contributed by atoms with Crippen molar-refractivity contribution in [3.05, 3.63) is 27.7 Å². The second kappa shape index (κ2) is 3.88. The van der Waals surface area contributed by atoms with Crippen molar-refractivity contribution in [2.75, 3.05) is 6.54 Å². The molecule has 1 aromatic rings. The maximum atomic E-state index is 12.7. The molecule has 17 heavy (non-hydrogen) atoms. The van der Waals surface area contributed by atoms with E-state index in [4.69, 9.17) is 5.73 Å². The molecule has 1 fully saturated rings. The predicted octanol–water partition coefficient (Wildman–Crippen LogP) is 3.16. The summed E-state index contributed by atoms with van der Waals surface area (Å²) in [6.45, 7) is 0.244. The summed E-state index contributed by atoms with van der Waals surface area (Å²) in [5.74, 6) is -0.691. The first-order valence-electron chi connectivity index (χ1n) is 5.10. The molecule has 6 heteroatoms. The number of benzene rings is 1. The van der Waals surface area contributed by atoms with Crippen molar-refractivity contribution in [3.63, 3.8) is 0 Å². The van der Waals surface area contributed by atoms with E-state index in [1.165, 1.54) is 6.07 Å². The second-order valence-electron chi connectivity index (χ2n) is 4.33. The van der Waals surface area contributed by atoms with Crippen molar-refractivity contribution in [3.8, 4) is 5.75 Å². The number of aromatic hydroxyl groups is 1. The smallest absolute Gasteiger partial charge is 0.420 e. The summed E-state index contributed by atoms with van der Waals surface area (Å²) in [4.78, 5) is 0. The minimum atomic E-state index is -4.56. The zero-order valence-corrected chi connectivity index (χ0v) is 10.4. The minimum absolute atomic E-state index is 0.244. The highest BCUT2D eigenvalue weighted by Crippen LogP contribution is 2.53. The third-order valence-corrected chi connectivity index (χ3v) is 3.65. The maximum absolute atomic E-state index is 12.7. The molecule has 2 nitrogen and oxygen atoms in total. The lowest BCUT2D eigenvalue weighted by molar-refractivity contribution is -0.138. The van der Waals surface area contributed by atoms with E-state index in [2.05, 4.69) is 15.9 Å². The van der Waals surface area contributed by atoms with Crippen molar-refractivity contribution in [1.82, 2.24) is 0 Å². The molecular weight excluding hydrogens is 299 g/mol. The van der Waals surface area contributed by atoms with Gasteiger partial charge in [-0.05, 0) is 25.0 Å². The van der Waals surface area contributed by atoms with Crippen LogP contribution >= 0.6 is 15.9 Å². The molecule has 0 saturated heterocycles. The monoisotopic (exact) mass is 309 g/mol. The van der Waals surface area contributed by atoms with E-state index in [-0.39, 0.29) is 6.54 Å². The quantitative estimate of drug-likeness (QED) is 0.881. The SMILES string of the molecule is NCC1(c2cc(Br)cc(C(F)(F)F)c2O)CC1. The number of phenols is 1.